The summed E-state index contributed by atoms with van der Waals surface area (Å²) in [5.74, 6) is 0.835. The van der Waals surface area contributed by atoms with Crippen molar-refractivity contribution in [3.63, 3.8) is 0 Å². The van der Waals surface area contributed by atoms with Gasteiger partial charge in [-0.25, -0.2) is 4.99 Å². The lowest BCUT2D eigenvalue weighted by Gasteiger charge is -2.16. The zero-order chi connectivity index (χ0) is 17.4. The number of nitrogens with zero attached hydrogens (tertiary/aromatic N) is 3. The van der Waals surface area contributed by atoms with Crippen molar-refractivity contribution in [2.24, 2.45) is 12.0 Å². The van der Waals surface area contributed by atoms with Gasteiger partial charge in [-0.15, -0.1) is 35.7 Å². The molecule has 1 atom stereocenters. The summed E-state index contributed by atoms with van der Waals surface area (Å²) in [5, 5.41) is 11.3. The minimum atomic E-state index is 0. The SMILES string of the molecule is CCNC(=NCc1ccnn1C)NCC(C)Sc1ccc(Br)cc1.I. The molecule has 5 nitrogen and oxygen atoms in total. The quantitative estimate of drug-likeness (QED) is 0.242. The van der Waals surface area contributed by atoms with Gasteiger partial charge in [0.15, 0.2) is 5.96 Å². The van der Waals surface area contributed by atoms with E-state index in [1.807, 2.05) is 29.6 Å². The van der Waals surface area contributed by atoms with Gasteiger partial charge in [0.2, 0.25) is 0 Å². The predicted molar refractivity (Wildman–Crippen MR) is 121 cm³/mol. The van der Waals surface area contributed by atoms with Crippen molar-refractivity contribution in [3.05, 3.63) is 46.7 Å². The average molecular weight is 538 g/mol. The third kappa shape index (κ3) is 8.00. The van der Waals surface area contributed by atoms with Gasteiger partial charge in [-0.3, -0.25) is 4.68 Å². The summed E-state index contributed by atoms with van der Waals surface area (Å²) in [5.41, 5.74) is 1.09. The molecule has 0 saturated heterocycles. The van der Waals surface area contributed by atoms with E-state index in [0.29, 0.717) is 11.8 Å². The minimum absolute atomic E-state index is 0. The summed E-state index contributed by atoms with van der Waals surface area (Å²) in [4.78, 5) is 5.89. The second-order valence-corrected chi connectivity index (χ2v) is 7.83. The number of hydrogen-bond donors (Lipinski definition) is 2. The minimum Gasteiger partial charge on any atom is -0.357 e. The van der Waals surface area contributed by atoms with Gasteiger partial charge in [-0.1, -0.05) is 22.9 Å². The molecular formula is C17H25BrIN5S. The van der Waals surface area contributed by atoms with E-state index in [2.05, 4.69) is 74.8 Å². The zero-order valence-electron chi connectivity index (χ0n) is 14.7. The number of hydrogen-bond acceptors (Lipinski definition) is 3. The van der Waals surface area contributed by atoms with E-state index in [4.69, 9.17) is 0 Å². The van der Waals surface area contributed by atoms with Crippen LogP contribution in [0.4, 0.5) is 0 Å². The summed E-state index contributed by atoms with van der Waals surface area (Å²) in [7, 11) is 1.93. The Morgan fingerprint density at radius 3 is 2.60 bits per heavy atom. The maximum Gasteiger partial charge on any atom is 0.191 e. The lowest BCUT2D eigenvalue weighted by atomic mass is 10.4. The normalized spacial score (nSPS) is 12.4. The molecule has 0 aliphatic carbocycles. The van der Waals surface area contributed by atoms with E-state index in [9.17, 15) is 0 Å². The molecule has 138 valence electrons. The highest BCUT2D eigenvalue weighted by atomic mass is 127. The highest BCUT2D eigenvalue weighted by Gasteiger charge is 2.06. The van der Waals surface area contributed by atoms with E-state index in [1.165, 1.54) is 4.90 Å². The van der Waals surface area contributed by atoms with Gasteiger partial charge in [-0.05, 0) is 37.3 Å². The molecule has 1 aromatic carbocycles. The van der Waals surface area contributed by atoms with Crippen molar-refractivity contribution in [3.8, 4) is 0 Å². The fourth-order valence-corrected chi connectivity index (χ4v) is 3.27. The first-order valence-electron chi connectivity index (χ1n) is 7.99. The Balaban J connectivity index is 0.00000312. The number of nitrogens with one attached hydrogen (secondary N) is 2. The summed E-state index contributed by atoms with van der Waals surface area (Å²) >= 11 is 5.32. The monoisotopic (exact) mass is 537 g/mol. The van der Waals surface area contributed by atoms with E-state index in [-0.39, 0.29) is 24.0 Å². The summed E-state index contributed by atoms with van der Waals surface area (Å²) in [6.07, 6.45) is 1.79. The van der Waals surface area contributed by atoms with Crippen molar-refractivity contribution >= 4 is 57.6 Å². The fourth-order valence-electron chi connectivity index (χ4n) is 2.09. The second-order valence-electron chi connectivity index (χ2n) is 5.40. The number of aliphatic imine (C=N–C) groups is 1. The smallest absolute Gasteiger partial charge is 0.191 e. The Hall–Kier alpha value is -0.740. The van der Waals surface area contributed by atoms with Gasteiger partial charge < -0.3 is 10.6 Å². The molecule has 1 heterocycles. The van der Waals surface area contributed by atoms with Crippen molar-refractivity contribution < 1.29 is 0 Å². The van der Waals surface area contributed by atoms with Crippen LogP contribution in [0, 0.1) is 0 Å². The van der Waals surface area contributed by atoms with E-state index < -0.39 is 0 Å². The molecule has 0 aliphatic rings. The van der Waals surface area contributed by atoms with Gasteiger partial charge in [0.1, 0.15) is 0 Å². The summed E-state index contributed by atoms with van der Waals surface area (Å²) in [6, 6.07) is 10.4. The van der Waals surface area contributed by atoms with Crippen LogP contribution in [-0.4, -0.2) is 34.1 Å². The third-order valence-electron chi connectivity index (χ3n) is 3.37. The van der Waals surface area contributed by atoms with Crippen LogP contribution in [0.5, 0.6) is 0 Å². The average Bonchev–Trinajstić information content (AvgIpc) is 2.97. The fraction of sp³-hybridized carbons (Fsp3) is 0.412. The largest absolute Gasteiger partial charge is 0.357 e. The van der Waals surface area contributed by atoms with Crippen molar-refractivity contribution in [1.82, 2.24) is 20.4 Å². The van der Waals surface area contributed by atoms with Crippen LogP contribution in [0.2, 0.25) is 0 Å². The van der Waals surface area contributed by atoms with Crippen molar-refractivity contribution in [1.29, 1.82) is 0 Å². The first-order valence-corrected chi connectivity index (χ1v) is 9.67. The molecule has 2 N–H and O–H groups in total. The van der Waals surface area contributed by atoms with Crippen LogP contribution in [0.15, 0.2) is 50.9 Å². The standard InChI is InChI=1S/C17H24BrN5S.HI/c1-4-19-17(21-12-15-9-10-22-23(15)3)20-11-13(2)24-16-7-5-14(18)6-8-16;/h5-10,13H,4,11-12H2,1-3H3,(H2,19,20,21);1H. The zero-order valence-corrected chi connectivity index (χ0v) is 19.4. The third-order valence-corrected chi connectivity index (χ3v) is 5.02. The molecule has 1 unspecified atom stereocenters. The lowest BCUT2D eigenvalue weighted by molar-refractivity contribution is 0.707. The highest BCUT2D eigenvalue weighted by molar-refractivity contribution is 14.0. The Morgan fingerprint density at radius 1 is 1.28 bits per heavy atom. The summed E-state index contributed by atoms with van der Waals surface area (Å²) in [6.45, 7) is 6.58. The molecule has 0 spiro atoms. The number of aryl methyl sites for hydroxylation is 1. The van der Waals surface area contributed by atoms with Crippen LogP contribution >= 0.6 is 51.7 Å². The Bertz CT molecular complexity index is 659. The lowest BCUT2D eigenvalue weighted by Crippen LogP contribution is -2.40. The Morgan fingerprint density at radius 2 is 2.00 bits per heavy atom. The molecular weight excluding hydrogens is 513 g/mol. The van der Waals surface area contributed by atoms with E-state index >= 15 is 0 Å². The molecule has 0 amide bonds. The number of halogens is 2. The molecule has 25 heavy (non-hydrogen) atoms. The first kappa shape index (κ1) is 22.3. The first-order chi connectivity index (χ1) is 11.6. The number of guanidine groups is 1. The molecule has 0 radical (unpaired) electrons. The van der Waals surface area contributed by atoms with Gasteiger partial charge in [-0.2, -0.15) is 5.10 Å². The number of rotatable bonds is 7. The van der Waals surface area contributed by atoms with Gasteiger partial charge >= 0.3 is 0 Å². The summed E-state index contributed by atoms with van der Waals surface area (Å²) < 4.78 is 2.95. The Kier molecular flexibility index (Phi) is 10.5. The van der Waals surface area contributed by atoms with Crippen molar-refractivity contribution in [2.45, 2.75) is 30.5 Å². The molecule has 2 rings (SSSR count). The van der Waals surface area contributed by atoms with Crippen molar-refractivity contribution in [2.75, 3.05) is 13.1 Å². The molecule has 0 aliphatic heterocycles. The van der Waals surface area contributed by atoms with Crippen LogP contribution < -0.4 is 10.6 Å². The maximum atomic E-state index is 4.63. The number of aromatic nitrogens is 2. The molecule has 1 aromatic heterocycles. The van der Waals surface area contributed by atoms with Crippen LogP contribution in [0.25, 0.3) is 0 Å². The van der Waals surface area contributed by atoms with E-state index in [0.717, 1.165) is 29.2 Å². The van der Waals surface area contributed by atoms with Gasteiger partial charge in [0.05, 0.1) is 12.2 Å². The number of thioether (sulfide) groups is 1. The van der Waals surface area contributed by atoms with Gasteiger partial charge in [0, 0.05) is 41.0 Å². The molecule has 8 heteroatoms. The highest BCUT2D eigenvalue weighted by Crippen LogP contribution is 2.24. The second kappa shape index (κ2) is 11.8. The predicted octanol–water partition coefficient (Wildman–Crippen LogP) is 4.04. The topological polar surface area (TPSA) is 54.2 Å². The molecule has 0 bridgehead atoms. The van der Waals surface area contributed by atoms with Crippen LogP contribution in [-0.2, 0) is 13.6 Å². The van der Waals surface area contributed by atoms with E-state index in [1.54, 1.807) is 6.20 Å². The van der Waals surface area contributed by atoms with Crippen LogP contribution in [0.1, 0.15) is 19.5 Å². The molecule has 2 aromatic rings. The maximum absolute atomic E-state index is 4.63. The Labute approximate surface area is 179 Å². The molecule has 0 fully saturated rings. The van der Waals surface area contributed by atoms with Gasteiger partial charge in [0.25, 0.3) is 0 Å². The number of benzene rings is 1. The molecule has 0 saturated carbocycles. The van der Waals surface area contributed by atoms with Crippen LogP contribution in [0.3, 0.4) is 0 Å².